The van der Waals surface area contributed by atoms with Gasteiger partial charge in [0.15, 0.2) is 5.96 Å². The molecule has 0 saturated carbocycles. The van der Waals surface area contributed by atoms with Crippen molar-refractivity contribution in [1.82, 2.24) is 9.78 Å². The first-order valence-corrected chi connectivity index (χ1v) is 5.85. The molecule has 1 aromatic heterocycles. The molecule has 0 amide bonds. The van der Waals surface area contributed by atoms with E-state index >= 15 is 0 Å². The average molecular weight is 371 g/mol. The van der Waals surface area contributed by atoms with Gasteiger partial charge in [-0.05, 0) is 24.6 Å². The highest BCUT2D eigenvalue weighted by atomic mass is 127. The molecule has 5 nitrogen and oxygen atoms in total. The zero-order valence-corrected chi connectivity index (χ0v) is 13.1. The molecule has 0 aliphatic rings. The monoisotopic (exact) mass is 371 g/mol. The fourth-order valence-corrected chi connectivity index (χ4v) is 1.57. The quantitative estimate of drug-likeness (QED) is 0.492. The molecule has 0 bridgehead atoms. The van der Waals surface area contributed by atoms with E-state index in [-0.39, 0.29) is 24.0 Å². The Hall–Kier alpha value is -1.57. The van der Waals surface area contributed by atoms with Gasteiger partial charge in [-0.15, -0.1) is 24.0 Å². The van der Waals surface area contributed by atoms with Gasteiger partial charge >= 0.3 is 0 Å². The number of hydrogen-bond acceptors (Lipinski definition) is 2. The average Bonchev–Trinajstić information content (AvgIpc) is 2.76. The summed E-state index contributed by atoms with van der Waals surface area (Å²) >= 11 is 0. The fraction of sp³-hybridized carbons (Fsp3) is 0.231. The normalized spacial score (nSPS) is 10.9. The van der Waals surface area contributed by atoms with Gasteiger partial charge in [-0.2, -0.15) is 5.10 Å². The van der Waals surface area contributed by atoms with Gasteiger partial charge in [-0.25, -0.2) is 0 Å². The van der Waals surface area contributed by atoms with Crippen LogP contribution in [0.4, 0.5) is 5.69 Å². The van der Waals surface area contributed by atoms with E-state index in [9.17, 15) is 0 Å². The third-order valence-corrected chi connectivity index (χ3v) is 2.42. The maximum atomic E-state index is 5.78. The Morgan fingerprint density at radius 2 is 2.11 bits per heavy atom. The Morgan fingerprint density at radius 3 is 2.74 bits per heavy atom. The first-order chi connectivity index (χ1) is 8.74. The zero-order chi connectivity index (χ0) is 12.8. The lowest BCUT2D eigenvalue weighted by Crippen LogP contribution is -2.23. The minimum absolute atomic E-state index is 0. The van der Waals surface area contributed by atoms with Crippen molar-refractivity contribution in [1.29, 1.82) is 0 Å². The van der Waals surface area contributed by atoms with Gasteiger partial charge in [0.05, 0.1) is 19.3 Å². The molecule has 6 heteroatoms. The van der Waals surface area contributed by atoms with Gasteiger partial charge in [0.25, 0.3) is 0 Å². The second-order valence-electron chi connectivity index (χ2n) is 4.04. The van der Waals surface area contributed by atoms with Crippen molar-refractivity contribution in [3.8, 4) is 0 Å². The molecular weight excluding hydrogens is 353 g/mol. The highest BCUT2D eigenvalue weighted by Crippen LogP contribution is 2.03. The van der Waals surface area contributed by atoms with Gasteiger partial charge in [0, 0.05) is 11.9 Å². The molecule has 0 radical (unpaired) electrons. The number of guanidine groups is 1. The maximum absolute atomic E-state index is 5.78. The van der Waals surface area contributed by atoms with Crippen LogP contribution in [0.15, 0.2) is 47.7 Å². The lowest BCUT2D eigenvalue weighted by Gasteiger charge is -2.05. The molecule has 3 N–H and O–H groups in total. The van der Waals surface area contributed by atoms with Crippen molar-refractivity contribution in [2.45, 2.75) is 13.5 Å². The summed E-state index contributed by atoms with van der Waals surface area (Å²) in [4.78, 5) is 4.25. The number of halogens is 1. The summed E-state index contributed by atoms with van der Waals surface area (Å²) in [5.41, 5.74) is 7.87. The number of nitrogens with one attached hydrogen (secondary N) is 1. The number of benzene rings is 1. The summed E-state index contributed by atoms with van der Waals surface area (Å²) in [6, 6.07) is 9.74. The minimum atomic E-state index is 0. The van der Waals surface area contributed by atoms with Gasteiger partial charge in [0.1, 0.15) is 0 Å². The van der Waals surface area contributed by atoms with Gasteiger partial charge in [-0.3, -0.25) is 9.67 Å². The van der Waals surface area contributed by atoms with E-state index in [0.29, 0.717) is 12.5 Å². The minimum Gasteiger partial charge on any atom is -0.370 e. The highest BCUT2D eigenvalue weighted by Gasteiger charge is 1.95. The van der Waals surface area contributed by atoms with Crippen LogP contribution in [-0.4, -0.2) is 22.3 Å². The first kappa shape index (κ1) is 15.5. The van der Waals surface area contributed by atoms with E-state index < -0.39 is 0 Å². The Bertz CT molecular complexity index is 521. The summed E-state index contributed by atoms with van der Waals surface area (Å²) in [5, 5.41) is 7.21. The molecule has 0 saturated heterocycles. The third-order valence-electron chi connectivity index (χ3n) is 2.42. The number of hydrogen-bond donors (Lipinski definition) is 2. The van der Waals surface area contributed by atoms with Gasteiger partial charge in [-0.1, -0.05) is 18.2 Å². The number of aromatic nitrogens is 2. The molecule has 1 heterocycles. The SMILES string of the molecule is Cc1cnn(CCN=C(N)Nc2ccccc2)c1.I. The molecule has 2 aromatic rings. The van der Waals surface area contributed by atoms with E-state index in [0.717, 1.165) is 17.8 Å². The predicted molar refractivity (Wildman–Crippen MR) is 88.9 cm³/mol. The Morgan fingerprint density at radius 1 is 1.37 bits per heavy atom. The number of nitrogens with two attached hydrogens (primary N) is 1. The smallest absolute Gasteiger partial charge is 0.193 e. The van der Waals surface area contributed by atoms with E-state index in [2.05, 4.69) is 15.4 Å². The van der Waals surface area contributed by atoms with Crippen LogP contribution in [0.2, 0.25) is 0 Å². The van der Waals surface area contributed by atoms with Crippen LogP contribution in [0.1, 0.15) is 5.56 Å². The topological polar surface area (TPSA) is 68.2 Å². The van der Waals surface area contributed by atoms with E-state index in [1.807, 2.05) is 54.3 Å². The van der Waals surface area contributed by atoms with Crippen LogP contribution in [-0.2, 0) is 6.54 Å². The summed E-state index contributed by atoms with van der Waals surface area (Å²) in [7, 11) is 0. The van der Waals surface area contributed by atoms with Crippen LogP contribution >= 0.6 is 24.0 Å². The zero-order valence-electron chi connectivity index (χ0n) is 10.8. The number of aliphatic imine (C=N–C) groups is 1. The fourth-order valence-electron chi connectivity index (χ4n) is 1.57. The molecule has 0 aliphatic heterocycles. The Kier molecular flexibility index (Phi) is 6.34. The number of anilines is 1. The summed E-state index contributed by atoms with van der Waals surface area (Å²) in [6.07, 6.45) is 3.81. The van der Waals surface area contributed by atoms with E-state index in [1.165, 1.54) is 0 Å². The second-order valence-corrected chi connectivity index (χ2v) is 4.04. The van der Waals surface area contributed by atoms with Crippen molar-refractivity contribution in [2.75, 3.05) is 11.9 Å². The van der Waals surface area contributed by atoms with Crippen molar-refractivity contribution >= 4 is 35.6 Å². The van der Waals surface area contributed by atoms with Crippen molar-refractivity contribution in [2.24, 2.45) is 10.7 Å². The van der Waals surface area contributed by atoms with Crippen LogP contribution in [0, 0.1) is 6.92 Å². The first-order valence-electron chi connectivity index (χ1n) is 5.85. The summed E-state index contributed by atoms with van der Waals surface area (Å²) in [6.45, 7) is 3.34. The number of rotatable bonds is 4. The summed E-state index contributed by atoms with van der Waals surface area (Å²) in [5.74, 6) is 0.421. The summed E-state index contributed by atoms with van der Waals surface area (Å²) < 4.78 is 1.86. The maximum Gasteiger partial charge on any atom is 0.193 e. The molecule has 0 spiro atoms. The van der Waals surface area contributed by atoms with Crippen LogP contribution in [0.25, 0.3) is 0 Å². The Labute approximate surface area is 129 Å². The Balaban J connectivity index is 0.00000180. The molecular formula is C13H18IN5. The lowest BCUT2D eigenvalue weighted by molar-refractivity contribution is 0.625. The number of para-hydroxylation sites is 1. The van der Waals surface area contributed by atoms with Gasteiger partial charge < -0.3 is 11.1 Å². The van der Waals surface area contributed by atoms with E-state index in [4.69, 9.17) is 5.73 Å². The lowest BCUT2D eigenvalue weighted by atomic mass is 10.3. The molecule has 102 valence electrons. The van der Waals surface area contributed by atoms with Crippen molar-refractivity contribution in [3.63, 3.8) is 0 Å². The molecule has 19 heavy (non-hydrogen) atoms. The molecule has 0 unspecified atom stereocenters. The van der Waals surface area contributed by atoms with Gasteiger partial charge in [0.2, 0.25) is 0 Å². The predicted octanol–water partition coefficient (Wildman–Crippen LogP) is 2.24. The second kappa shape index (κ2) is 7.78. The third kappa shape index (κ3) is 5.29. The van der Waals surface area contributed by atoms with Crippen molar-refractivity contribution < 1.29 is 0 Å². The largest absolute Gasteiger partial charge is 0.370 e. The van der Waals surface area contributed by atoms with Crippen molar-refractivity contribution in [3.05, 3.63) is 48.3 Å². The molecule has 0 aliphatic carbocycles. The molecule has 2 rings (SSSR count). The molecule has 0 atom stereocenters. The molecule has 1 aromatic carbocycles. The number of nitrogens with zero attached hydrogens (tertiary/aromatic N) is 3. The highest BCUT2D eigenvalue weighted by molar-refractivity contribution is 14.0. The number of aryl methyl sites for hydroxylation is 1. The van der Waals surface area contributed by atoms with E-state index in [1.54, 1.807) is 0 Å². The van der Waals surface area contributed by atoms with Crippen LogP contribution in [0.3, 0.4) is 0 Å². The van der Waals surface area contributed by atoms with Crippen LogP contribution in [0.5, 0.6) is 0 Å². The molecule has 0 fully saturated rings. The van der Waals surface area contributed by atoms with Crippen LogP contribution < -0.4 is 11.1 Å². The standard InChI is InChI=1S/C13H17N5.HI/c1-11-9-16-18(10-11)8-7-15-13(14)17-12-5-3-2-4-6-12;/h2-6,9-10H,7-8H2,1H3,(H3,14,15,17);1H.